The predicted octanol–water partition coefficient (Wildman–Crippen LogP) is 2.07. The van der Waals surface area contributed by atoms with Gasteiger partial charge in [-0.05, 0) is 0 Å². The van der Waals surface area contributed by atoms with Crippen molar-refractivity contribution in [1.29, 1.82) is 5.26 Å². The van der Waals surface area contributed by atoms with Crippen LogP contribution in [0.15, 0.2) is 9.52 Å². The van der Waals surface area contributed by atoms with E-state index in [1.165, 1.54) is 0 Å². The largest absolute Gasteiger partial charge is 0.369 e. The van der Waals surface area contributed by atoms with Crippen molar-refractivity contribution >= 4 is 12.2 Å². The highest BCUT2D eigenvalue weighted by atomic mass is 16.5. The van der Waals surface area contributed by atoms with Crippen molar-refractivity contribution in [3.05, 3.63) is 11.3 Å². The van der Waals surface area contributed by atoms with Crippen LogP contribution >= 0.6 is 0 Å². The van der Waals surface area contributed by atoms with Gasteiger partial charge in [0, 0.05) is 19.5 Å². The first kappa shape index (κ1) is 12.2. The minimum absolute atomic E-state index is 0.222. The van der Waals surface area contributed by atoms with Crippen LogP contribution in [0.25, 0.3) is 0 Å². The van der Waals surface area contributed by atoms with Crippen LogP contribution in [0.5, 0.6) is 0 Å². The molecule has 1 aromatic heterocycles. The predicted molar refractivity (Wildman–Crippen MR) is 61.8 cm³/mol. The van der Waals surface area contributed by atoms with Gasteiger partial charge < -0.3 is 9.42 Å². The molecule has 5 nitrogen and oxygen atoms in total. The Labute approximate surface area is 95.4 Å². The molecule has 0 N–H and O–H groups in total. The number of nitriles is 1. The molecule has 1 aromatic rings. The van der Waals surface area contributed by atoms with Crippen molar-refractivity contribution in [3.63, 3.8) is 0 Å². The summed E-state index contributed by atoms with van der Waals surface area (Å²) in [6.45, 7) is 5.93. The summed E-state index contributed by atoms with van der Waals surface area (Å²) in [5.41, 5.74) is 0.826. The maximum Gasteiger partial charge on any atom is 0.270 e. The Balaban J connectivity index is 3.16. The highest BCUT2D eigenvalue weighted by Crippen LogP contribution is 2.30. The van der Waals surface area contributed by atoms with Crippen LogP contribution in [-0.2, 0) is 5.41 Å². The van der Waals surface area contributed by atoms with E-state index in [-0.39, 0.29) is 11.3 Å². The van der Waals surface area contributed by atoms with Gasteiger partial charge in [-0.25, -0.2) is 4.99 Å². The third-order valence-corrected chi connectivity index (χ3v) is 1.90. The van der Waals surface area contributed by atoms with Gasteiger partial charge in [-0.1, -0.05) is 25.9 Å². The Morgan fingerprint density at radius 1 is 1.44 bits per heavy atom. The molecule has 0 aliphatic heterocycles. The molecule has 5 heteroatoms. The SMILES string of the molecule is CN(C)/C=N/c1onc(C(C)(C)C)c1C#N. The molecule has 0 saturated carbocycles. The lowest BCUT2D eigenvalue weighted by Gasteiger charge is -2.13. The van der Waals surface area contributed by atoms with Gasteiger partial charge in [0.25, 0.3) is 5.88 Å². The molecule has 0 atom stereocenters. The number of aliphatic imine (C=N–C) groups is 1. The number of aromatic nitrogens is 1. The van der Waals surface area contributed by atoms with Crippen molar-refractivity contribution < 1.29 is 4.52 Å². The lowest BCUT2D eigenvalue weighted by atomic mass is 9.90. The molecule has 86 valence electrons. The van der Waals surface area contributed by atoms with Crippen LogP contribution in [0.4, 0.5) is 5.88 Å². The van der Waals surface area contributed by atoms with Crippen molar-refractivity contribution in [2.75, 3.05) is 14.1 Å². The molecule has 1 heterocycles. The minimum atomic E-state index is -0.222. The summed E-state index contributed by atoms with van der Waals surface area (Å²) in [5, 5.41) is 13.0. The van der Waals surface area contributed by atoms with Crippen LogP contribution in [0, 0.1) is 11.3 Å². The van der Waals surface area contributed by atoms with Gasteiger partial charge >= 0.3 is 0 Å². The van der Waals surface area contributed by atoms with Gasteiger partial charge in [-0.2, -0.15) is 5.26 Å². The summed E-state index contributed by atoms with van der Waals surface area (Å²) in [4.78, 5) is 5.82. The van der Waals surface area contributed by atoms with Crippen LogP contribution < -0.4 is 0 Å². The summed E-state index contributed by atoms with van der Waals surface area (Å²) in [6, 6.07) is 2.09. The summed E-state index contributed by atoms with van der Waals surface area (Å²) >= 11 is 0. The van der Waals surface area contributed by atoms with E-state index in [0.29, 0.717) is 11.3 Å². The Morgan fingerprint density at radius 3 is 2.50 bits per heavy atom. The fourth-order valence-corrected chi connectivity index (χ4v) is 1.15. The van der Waals surface area contributed by atoms with Crippen molar-refractivity contribution in [2.45, 2.75) is 26.2 Å². The molecular formula is C11H16N4O. The first-order valence-corrected chi connectivity index (χ1v) is 4.97. The molecule has 0 aliphatic carbocycles. The van der Waals surface area contributed by atoms with Crippen LogP contribution in [0.1, 0.15) is 32.0 Å². The average molecular weight is 220 g/mol. The fourth-order valence-electron chi connectivity index (χ4n) is 1.15. The Morgan fingerprint density at radius 2 is 2.06 bits per heavy atom. The zero-order valence-corrected chi connectivity index (χ0v) is 10.3. The second-order valence-electron chi connectivity index (χ2n) is 4.78. The summed E-state index contributed by atoms with van der Waals surface area (Å²) in [7, 11) is 3.69. The van der Waals surface area contributed by atoms with Crippen molar-refractivity contribution in [1.82, 2.24) is 10.1 Å². The Hall–Kier alpha value is -1.83. The van der Waals surface area contributed by atoms with Gasteiger partial charge in [-0.3, -0.25) is 0 Å². The quantitative estimate of drug-likeness (QED) is 0.565. The molecule has 16 heavy (non-hydrogen) atoms. The highest BCUT2D eigenvalue weighted by Gasteiger charge is 2.25. The molecular weight excluding hydrogens is 204 g/mol. The van der Waals surface area contributed by atoms with E-state index in [1.807, 2.05) is 34.9 Å². The Bertz CT molecular complexity index is 432. The maximum absolute atomic E-state index is 9.08. The van der Waals surface area contributed by atoms with Crippen LogP contribution in [0.3, 0.4) is 0 Å². The lowest BCUT2D eigenvalue weighted by molar-refractivity contribution is 0.401. The highest BCUT2D eigenvalue weighted by molar-refractivity contribution is 5.62. The van der Waals surface area contributed by atoms with Gasteiger partial charge in [0.05, 0.1) is 6.34 Å². The second-order valence-corrected chi connectivity index (χ2v) is 4.78. The molecule has 0 unspecified atom stereocenters. The van der Waals surface area contributed by atoms with E-state index in [2.05, 4.69) is 16.2 Å². The number of rotatable bonds is 2. The maximum atomic E-state index is 9.08. The van der Waals surface area contributed by atoms with Gasteiger partial charge in [-0.15, -0.1) is 0 Å². The lowest BCUT2D eigenvalue weighted by Crippen LogP contribution is -2.13. The molecule has 0 saturated heterocycles. The average Bonchev–Trinajstić information content (AvgIpc) is 2.56. The number of hydrogen-bond donors (Lipinski definition) is 0. The van der Waals surface area contributed by atoms with Crippen molar-refractivity contribution in [3.8, 4) is 6.07 Å². The molecule has 0 amide bonds. The standard InChI is InChI=1S/C11H16N4O/c1-11(2,3)9-8(6-12)10(16-14-9)13-7-15(4)5/h7H,1-5H3/b13-7+. The number of hydrogen-bond acceptors (Lipinski definition) is 4. The zero-order chi connectivity index (χ0) is 12.3. The summed E-state index contributed by atoms with van der Waals surface area (Å²) in [6.07, 6.45) is 1.58. The normalized spacial score (nSPS) is 11.8. The van der Waals surface area contributed by atoms with E-state index in [1.54, 1.807) is 11.2 Å². The van der Waals surface area contributed by atoms with Gasteiger partial charge in [0.15, 0.2) is 0 Å². The molecule has 1 rings (SSSR count). The van der Waals surface area contributed by atoms with E-state index in [9.17, 15) is 0 Å². The number of nitrogens with zero attached hydrogens (tertiary/aromatic N) is 4. The first-order chi connectivity index (χ1) is 7.36. The van der Waals surface area contributed by atoms with Crippen LogP contribution in [0.2, 0.25) is 0 Å². The molecule has 0 aliphatic rings. The van der Waals surface area contributed by atoms with E-state index in [0.717, 1.165) is 0 Å². The fraction of sp³-hybridized carbons (Fsp3) is 0.545. The smallest absolute Gasteiger partial charge is 0.270 e. The van der Waals surface area contributed by atoms with Crippen LogP contribution in [-0.4, -0.2) is 30.5 Å². The second kappa shape index (κ2) is 4.35. The van der Waals surface area contributed by atoms with E-state index in [4.69, 9.17) is 9.78 Å². The molecule has 0 fully saturated rings. The third kappa shape index (κ3) is 2.60. The first-order valence-electron chi connectivity index (χ1n) is 4.97. The topological polar surface area (TPSA) is 65.4 Å². The minimum Gasteiger partial charge on any atom is -0.369 e. The van der Waals surface area contributed by atoms with E-state index >= 15 is 0 Å². The molecule has 0 spiro atoms. The summed E-state index contributed by atoms with van der Waals surface area (Å²) < 4.78 is 5.07. The molecule has 0 bridgehead atoms. The monoisotopic (exact) mass is 220 g/mol. The third-order valence-electron chi connectivity index (χ3n) is 1.90. The van der Waals surface area contributed by atoms with Gasteiger partial charge in [0.2, 0.25) is 0 Å². The summed E-state index contributed by atoms with van der Waals surface area (Å²) in [5.74, 6) is 0.265. The molecule has 0 aromatic carbocycles. The zero-order valence-electron chi connectivity index (χ0n) is 10.3. The van der Waals surface area contributed by atoms with Crippen molar-refractivity contribution in [2.24, 2.45) is 4.99 Å². The van der Waals surface area contributed by atoms with E-state index < -0.39 is 0 Å². The molecule has 0 radical (unpaired) electrons. The Kier molecular flexibility index (Phi) is 3.33. The van der Waals surface area contributed by atoms with Gasteiger partial charge in [0.1, 0.15) is 17.3 Å².